The Hall–Kier alpha value is -3.44. The molecule has 30 heavy (non-hydrogen) atoms. The van der Waals surface area contributed by atoms with Crippen LogP contribution in [0.1, 0.15) is 13.8 Å². The monoisotopic (exact) mass is 438 g/mol. The summed E-state index contributed by atoms with van der Waals surface area (Å²) in [6.07, 6.45) is 0. The molecule has 2 N–H and O–H groups in total. The summed E-state index contributed by atoms with van der Waals surface area (Å²) >= 11 is 0. The van der Waals surface area contributed by atoms with Crippen molar-refractivity contribution in [3.63, 3.8) is 0 Å². The van der Waals surface area contributed by atoms with Gasteiger partial charge in [-0.2, -0.15) is 0 Å². The molecule has 0 bridgehead atoms. The second kappa shape index (κ2) is 8.13. The van der Waals surface area contributed by atoms with Crippen molar-refractivity contribution < 1.29 is 44.7 Å². The first-order valence-electron chi connectivity index (χ1n) is 7.77. The van der Waals surface area contributed by atoms with Gasteiger partial charge in [-0.25, -0.2) is 35.1 Å². The molecule has 12 heteroatoms. The van der Waals surface area contributed by atoms with Gasteiger partial charge in [0.25, 0.3) is 5.91 Å². The van der Waals surface area contributed by atoms with Gasteiger partial charge < -0.3 is 10.6 Å². The van der Waals surface area contributed by atoms with E-state index < -0.39 is 80.9 Å². The summed E-state index contributed by atoms with van der Waals surface area (Å²) in [7, 11) is 0. The third-order valence-electron chi connectivity index (χ3n) is 3.70. The van der Waals surface area contributed by atoms with E-state index in [9.17, 15) is 44.7 Å². The van der Waals surface area contributed by atoms with E-state index in [0.29, 0.717) is 0 Å². The van der Waals surface area contributed by atoms with Crippen LogP contribution in [0, 0.1) is 46.5 Å². The summed E-state index contributed by atoms with van der Waals surface area (Å²) in [5, 5.41) is 2.90. The lowest BCUT2D eigenvalue weighted by atomic mass is 10.00. The van der Waals surface area contributed by atoms with Gasteiger partial charge in [-0.05, 0) is 6.92 Å². The van der Waals surface area contributed by atoms with E-state index in [-0.39, 0.29) is 5.57 Å². The predicted octanol–water partition coefficient (Wildman–Crippen LogP) is 4.94. The third kappa shape index (κ3) is 3.72. The Balaban J connectivity index is 2.85. The number of carbonyl (C=O) groups excluding carboxylic acids is 2. The molecule has 2 rings (SSSR count). The molecule has 0 spiro atoms. The van der Waals surface area contributed by atoms with Crippen LogP contribution < -0.4 is 10.6 Å². The molecule has 4 nitrogen and oxygen atoms in total. The van der Waals surface area contributed by atoms with Crippen molar-refractivity contribution in [1.29, 1.82) is 0 Å². The average Bonchev–Trinajstić information content (AvgIpc) is 2.67. The molecule has 0 fully saturated rings. The third-order valence-corrected chi connectivity index (χ3v) is 3.70. The molecule has 2 aromatic carbocycles. The predicted molar refractivity (Wildman–Crippen MR) is 89.3 cm³/mol. The number of benzene rings is 2. The first-order chi connectivity index (χ1) is 13.8. The van der Waals surface area contributed by atoms with Gasteiger partial charge in [-0.3, -0.25) is 9.59 Å². The van der Waals surface area contributed by atoms with Crippen LogP contribution in [0.5, 0.6) is 0 Å². The van der Waals surface area contributed by atoms with E-state index in [4.69, 9.17) is 0 Å². The molecular formula is C18H10F8N2O2. The lowest BCUT2D eigenvalue weighted by Crippen LogP contribution is -2.17. The molecule has 0 aliphatic carbocycles. The van der Waals surface area contributed by atoms with Gasteiger partial charge in [0.2, 0.25) is 5.91 Å². The highest BCUT2D eigenvalue weighted by Crippen LogP contribution is 2.40. The normalized spacial score (nSPS) is 10.7. The smallest absolute Gasteiger partial charge is 0.250 e. The molecule has 0 saturated heterocycles. The first-order valence-corrected chi connectivity index (χ1v) is 7.77. The molecule has 0 radical (unpaired) electrons. The molecule has 0 aromatic heterocycles. The summed E-state index contributed by atoms with van der Waals surface area (Å²) in [4.78, 5) is 22.4. The Morgan fingerprint density at radius 1 is 0.600 bits per heavy atom. The minimum Gasteiger partial charge on any atom is -0.321 e. The minimum atomic E-state index is -2.45. The lowest BCUT2D eigenvalue weighted by molar-refractivity contribution is -0.114. The zero-order valence-corrected chi connectivity index (χ0v) is 15.0. The quantitative estimate of drug-likeness (QED) is 0.404. The van der Waals surface area contributed by atoms with Gasteiger partial charge in [-0.15, -0.1) is 0 Å². The van der Waals surface area contributed by atoms with Crippen molar-refractivity contribution >= 4 is 23.2 Å². The fourth-order valence-corrected chi connectivity index (χ4v) is 2.32. The van der Waals surface area contributed by atoms with Crippen LogP contribution in [0.25, 0.3) is 11.1 Å². The zero-order valence-electron chi connectivity index (χ0n) is 15.0. The molecule has 0 aliphatic rings. The van der Waals surface area contributed by atoms with Crippen LogP contribution in [0.3, 0.4) is 0 Å². The Kier molecular flexibility index (Phi) is 6.19. The van der Waals surface area contributed by atoms with Crippen molar-refractivity contribution in [3.05, 3.63) is 58.7 Å². The fourth-order valence-electron chi connectivity index (χ4n) is 2.32. The van der Waals surface area contributed by atoms with E-state index >= 15 is 0 Å². The number of carbonyl (C=O) groups is 2. The maximum Gasteiger partial charge on any atom is 0.250 e. The number of amides is 2. The Morgan fingerprint density at radius 2 is 0.900 bits per heavy atom. The molecule has 0 aliphatic heterocycles. The summed E-state index contributed by atoms with van der Waals surface area (Å²) in [5.74, 6) is -21.3. The van der Waals surface area contributed by atoms with Crippen molar-refractivity contribution in [2.75, 3.05) is 10.6 Å². The van der Waals surface area contributed by atoms with Gasteiger partial charge in [0.15, 0.2) is 46.5 Å². The number of hydrogen-bond acceptors (Lipinski definition) is 2. The largest absolute Gasteiger partial charge is 0.321 e. The van der Waals surface area contributed by atoms with E-state index in [2.05, 4.69) is 6.58 Å². The maximum absolute atomic E-state index is 14.4. The van der Waals surface area contributed by atoms with Crippen LogP contribution >= 0.6 is 0 Å². The van der Waals surface area contributed by atoms with Crippen molar-refractivity contribution in [2.45, 2.75) is 13.8 Å². The summed E-state index contributed by atoms with van der Waals surface area (Å²) in [5.41, 5.74) is -7.80. The highest BCUT2D eigenvalue weighted by molar-refractivity contribution is 6.03. The second-order valence-corrected chi connectivity index (χ2v) is 5.93. The van der Waals surface area contributed by atoms with Crippen LogP contribution in [-0.2, 0) is 9.59 Å². The van der Waals surface area contributed by atoms with Gasteiger partial charge in [0.1, 0.15) is 11.4 Å². The van der Waals surface area contributed by atoms with Gasteiger partial charge in [0.05, 0.1) is 11.1 Å². The number of halogens is 8. The van der Waals surface area contributed by atoms with Gasteiger partial charge in [-0.1, -0.05) is 6.58 Å². The molecule has 160 valence electrons. The first kappa shape index (κ1) is 22.8. The molecule has 2 amide bonds. The Labute approximate surface area is 163 Å². The molecule has 0 saturated carbocycles. The Morgan fingerprint density at radius 3 is 1.17 bits per heavy atom. The fraction of sp³-hybridized carbons (Fsp3) is 0.111. The zero-order chi connectivity index (χ0) is 23.1. The van der Waals surface area contributed by atoms with Crippen LogP contribution in [0.2, 0.25) is 0 Å². The molecular weight excluding hydrogens is 428 g/mol. The van der Waals surface area contributed by atoms with E-state index in [1.165, 1.54) is 10.6 Å². The lowest BCUT2D eigenvalue weighted by Gasteiger charge is -2.16. The van der Waals surface area contributed by atoms with E-state index in [1.807, 2.05) is 0 Å². The summed E-state index contributed by atoms with van der Waals surface area (Å²) in [6.45, 7) is 4.97. The number of rotatable bonds is 4. The molecule has 0 heterocycles. The SMILES string of the molecule is C=C(C)C(=O)Nc1c(F)c(F)c(-c2c(F)c(F)c(NC(C)=O)c(F)c2F)c(F)c1F. The molecule has 0 atom stereocenters. The van der Waals surface area contributed by atoms with E-state index in [1.54, 1.807) is 0 Å². The topological polar surface area (TPSA) is 58.2 Å². The van der Waals surface area contributed by atoms with Crippen LogP contribution in [0.4, 0.5) is 46.5 Å². The number of anilines is 2. The van der Waals surface area contributed by atoms with Crippen molar-refractivity contribution in [1.82, 2.24) is 0 Å². The van der Waals surface area contributed by atoms with E-state index in [0.717, 1.165) is 13.8 Å². The molecule has 2 aromatic rings. The Bertz CT molecular complexity index is 1060. The second-order valence-electron chi connectivity index (χ2n) is 5.93. The van der Waals surface area contributed by atoms with Crippen LogP contribution in [-0.4, -0.2) is 11.8 Å². The van der Waals surface area contributed by atoms with Crippen molar-refractivity contribution in [2.24, 2.45) is 0 Å². The van der Waals surface area contributed by atoms with Crippen LogP contribution in [0.15, 0.2) is 12.2 Å². The molecule has 0 unspecified atom stereocenters. The maximum atomic E-state index is 14.4. The van der Waals surface area contributed by atoms with Gasteiger partial charge >= 0.3 is 0 Å². The minimum absolute atomic E-state index is 0.312. The number of hydrogen-bond donors (Lipinski definition) is 2. The number of nitrogens with one attached hydrogen (secondary N) is 2. The average molecular weight is 438 g/mol. The summed E-state index contributed by atoms with van der Waals surface area (Å²) in [6, 6.07) is 0. The summed E-state index contributed by atoms with van der Waals surface area (Å²) < 4.78 is 114. The highest BCUT2D eigenvalue weighted by Gasteiger charge is 2.34. The van der Waals surface area contributed by atoms with Gasteiger partial charge in [0, 0.05) is 12.5 Å². The van der Waals surface area contributed by atoms with Crippen molar-refractivity contribution in [3.8, 4) is 11.1 Å². The standard InChI is InChI=1S/C18H10F8N2O2/c1-4(2)18(30)28-17-14(25)10(21)7(11(22)15(17)26)6-8(19)12(23)16(27-5(3)29)13(24)9(6)20/h1H2,2-3H3,(H,27,29)(H,28,30). The highest BCUT2D eigenvalue weighted by atomic mass is 19.2.